The first-order valence-corrected chi connectivity index (χ1v) is 8.58. The molecule has 0 atom stereocenters. The maximum absolute atomic E-state index is 12.4. The highest BCUT2D eigenvalue weighted by Crippen LogP contribution is 2.42. The van der Waals surface area contributed by atoms with Crippen LogP contribution in [0.4, 0.5) is 10.8 Å². The molecule has 8 heteroatoms. The Labute approximate surface area is 117 Å². The van der Waals surface area contributed by atoms with Crippen molar-refractivity contribution in [2.24, 2.45) is 0 Å². The van der Waals surface area contributed by atoms with Crippen molar-refractivity contribution in [2.45, 2.75) is 42.9 Å². The molecular formula is C11H19N3O3S2. The summed E-state index contributed by atoms with van der Waals surface area (Å²) in [6.07, 6.45) is 1.39. The summed E-state index contributed by atoms with van der Waals surface area (Å²) in [5, 5.41) is 9.37. The van der Waals surface area contributed by atoms with Gasteiger partial charge in [0.05, 0.1) is 11.9 Å². The summed E-state index contributed by atoms with van der Waals surface area (Å²) in [6, 6.07) is 0.0696. The quantitative estimate of drug-likeness (QED) is 0.809. The topological polar surface area (TPSA) is 96.5 Å². The van der Waals surface area contributed by atoms with Crippen molar-refractivity contribution in [3.05, 3.63) is 0 Å². The van der Waals surface area contributed by atoms with Gasteiger partial charge in [0.2, 0.25) is 0 Å². The second kappa shape index (κ2) is 5.26. The molecule has 0 amide bonds. The number of nitrogens with zero attached hydrogens (tertiary/aromatic N) is 2. The van der Waals surface area contributed by atoms with E-state index < -0.39 is 9.84 Å². The molecule has 0 aromatic carbocycles. The van der Waals surface area contributed by atoms with E-state index in [1.807, 2.05) is 18.7 Å². The van der Waals surface area contributed by atoms with Gasteiger partial charge >= 0.3 is 0 Å². The number of nitrogen functional groups attached to an aromatic ring is 1. The fourth-order valence-electron chi connectivity index (χ4n) is 1.98. The normalized spacial score (nSPS) is 16.0. The molecule has 6 nitrogen and oxygen atoms in total. The SMILES string of the molecule is CC(C)N(CCO)c1snc(N)c1S(=O)(=O)C1CC1. The largest absolute Gasteiger partial charge is 0.395 e. The summed E-state index contributed by atoms with van der Waals surface area (Å²) in [6.45, 7) is 4.21. The van der Waals surface area contributed by atoms with E-state index in [0.717, 1.165) is 11.5 Å². The minimum atomic E-state index is -3.38. The van der Waals surface area contributed by atoms with Gasteiger partial charge in [-0.05, 0) is 38.2 Å². The lowest BCUT2D eigenvalue weighted by Crippen LogP contribution is -2.34. The number of rotatable bonds is 6. The Morgan fingerprint density at radius 3 is 2.63 bits per heavy atom. The van der Waals surface area contributed by atoms with Gasteiger partial charge < -0.3 is 15.7 Å². The molecule has 1 aromatic heterocycles. The molecule has 1 aliphatic carbocycles. The van der Waals surface area contributed by atoms with E-state index in [4.69, 9.17) is 10.8 Å². The highest BCUT2D eigenvalue weighted by molar-refractivity contribution is 7.92. The molecule has 0 spiro atoms. The van der Waals surface area contributed by atoms with Gasteiger partial charge in [-0.2, -0.15) is 4.37 Å². The van der Waals surface area contributed by atoms with Gasteiger partial charge in [0, 0.05) is 12.6 Å². The Bertz CT molecular complexity index is 550. The molecule has 19 heavy (non-hydrogen) atoms. The van der Waals surface area contributed by atoms with Crippen molar-refractivity contribution in [2.75, 3.05) is 23.8 Å². The molecule has 0 unspecified atom stereocenters. The monoisotopic (exact) mass is 305 g/mol. The van der Waals surface area contributed by atoms with E-state index in [0.29, 0.717) is 24.4 Å². The Hall–Kier alpha value is -0.860. The number of aliphatic hydroxyl groups excluding tert-OH is 1. The molecular weight excluding hydrogens is 286 g/mol. The molecule has 1 heterocycles. The fraction of sp³-hybridized carbons (Fsp3) is 0.727. The number of aliphatic hydroxyl groups is 1. The lowest BCUT2D eigenvalue weighted by Gasteiger charge is -2.27. The summed E-state index contributed by atoms with van der Waals surface area (Å²) < 4.78 is 28.8. The Kier molecular flexibility index (Phi) is 4.03. The average molecular weight is 305 g/mol. The van der Waals surface area contributed by atoms with Gasteiger partial charge in [-0.3, -0.25) is 0 Å². The molecule has 108 valence electrons. The second-order valence-corrected chi connectivity index (χ2v) is 7.87. The standard InChI is InChI=1S/C11H19N3O3S2/c1-7(2)14(5-6-15)11-9(10(12)13-18-11)19(16,17)8-3-4-8/h7-8,15H,3-6H2,1-2H3,(H2,12,13). The van der Waals surface area contributed by atoms with Crippen LogP contribution in [0.25, 0.3) is 0 Å². The molecule has 0 bridgehead atoms. The van der Waals surface area contributed by atoms with Crippen molar-refractivity contribution < 1.29 is 13.5 Å². The predicted octanol–water partition coefficient (Wildman–Crippen LogP) is 0.869. The third kappa shape index (κ3) is 2.70. The molecule has 0 radical (unpaired) electrons. The Balaban J connectivity index is 2.47. The minimum Gasteiger partial charge on any atom is -0.395 e. The number of hydrogen-bond acceptors (Lipinski definition) is 7. The van der Waals surface area contributed by atoms with Crippen LogP contribution in [0, 0.1) is 0 Å². The number of nitrogens with two attached hydrogens (primary N) is 1. The van der Waals surface area contributed by atoms with Crippen LogP contribution in [0.3, 0.4) is 0 Å². The predicted molar refractivity (Wildman–Crippen MR) is 76.3 cm³/mol. The highest BCUT2D eigenvalue weighted by atomic mass is 32.2. The lowest BCUT2D eigenvalue weighted by molar-refractivity contribution is 0.299. The maximum atomic E-state index is 12.4. The minimum absolute atomic E-state index is 0.0428. The third-order valence-corrected chi connectivity index (χ3v) is 6.48. The van der Waals surface area contributed by atoms with Crippen LogP contribution < -0.4 is 10.6 Å². The molecule has 3 N–H and O–H groups in total. The first kappa shape index (κ1) is 14.5. The van der Waals surface area contributed by atoms with E-state index in [1.54, 1.807) is 0 Å². The first-order chi connectivity index (χ1) is 8.89. The van der Waals surface area contributed by atoms with Crippen molar-refractivity contribution in [3.63, 3.8) is 0 Å². The van der Waals surface area contributed by atoms with E-state index in [1.165, 1.54) is 0 Å². The van der Waals surface area contributed by atoms with Crippen LogP contribution >= 0.6 is 11.5 Å². The van der Waals surface area contributed by atoms with E-state index in [9.17, 15) is 8.42 Å². The zero-order chi connectivity index (χ0) is 14.2. The van der Waals surface area contributed by atoms with Crippen LogP contribution in [-0.4, -0.2) is 42.3 Å². The molecule has 2 rings (SSSR count). The Morgan fingerprint density at radius 2 is 2.16 bits per heavy atom. The van der Waals surface area contributed by atoms with Gasteiger partial charge in [0.15, 0.2) is 15.7 Å². The summed E-state index contributed by atoms with van der Waals surface area (Å²) in [5.74, 6) is 0.0792. The van der Waals surface area contributed by atoms with Crippen LogP contribution in [0.15, 0.2) is 4.90 Å². The van der Waals surface area contributed by atoms with Crippen molar-refractivity contribution in [3.8, 4) is 0 Å². The maximum Gasteiger partial charge on any atom is 0.187 e. The van der Waals surface area contributed by atoms with Gasteiger partial charge in [0.25, 0.3) is 0 Å². The van der Waals surface area contributed by atoms with Crippen molar-refractivity contribution in [1.29, 1.82) is 0 Å². The molecule has 1 aliphatic rings. The van der Waals surface area contributed by atoms with Gasteiger partial charge in [-0.25, -0.2) is 8.42 Å². The number of aromatic nitrogens is 1. The summed E-state index contributed by atoms with van der Waals surface area (Å²) in [5.41, 5.74) is 5.76. The number of anilines is 2. The lowest BCUT2D eigenvalue weighted by atomic mass is 10.3. The van der Waals surface area contributed by atoms with Crippen LogP contribution in [0.2, 0.25) is 0 Å². The van der Waals surface area contributed by atoms with E-state index in [2.05, 4.69) is 4.37 Å². The molecule has 1 fully saturated rings. The molecule has 1 aromatic rings. The van der Waals surface area contributed by atoms with E-state index >= 15 is 0 Å². The summed E-state index contributed by atoms with van der Waals surface area (Å²) in [7, 11) is -3.38. The zero-order valence-corrected chi connectivity index (χ0v) is 12.7. The number of hydrogen-bond donors (Lipinski definition) is 2. The second-order valence-electron chi connectivity index (χ2n) is 4.96. The third-order valence-electron chi connectivity index (χ3n) is 3.13. The van der Waals surface area contributed by atoms with Crippen LogP contribution in [0.1, 0.15) is 26.7 Å². The van der Waals surface area contributed by atoms with Gasteiger partial charge in [-0.1, -0.05) is 0 Å². The smallest absolute Gasteiger partial charge is 0.187 e. The molecule has 0 aliphatic heterocycles. The average Bonchev–Trinajstić information content (AvgIpc) is 3.10. The van der Waals surface area contributed by atoms with E-state index in [-0.39, 0.29) is 28.6 Å². The van der Waals surface area contributed by atoms with Crippen LogP contribution in [0.5, 0.6) is 0 Å². The molecule has 0 saturated heterocycles. The molecule has 1 saturated carbocycles. The summed E-state index contributed by atoms with van der Waals surface area (Å²) >= 11 is 1.09. The summed E-state index contributed by atoms with van der Waals surface area (Å²) in [4.78, 5) is 1.99. The Morgan fingerprint density at radius 1 is 1.53 bits per heavy atom. The van der Waals surface area contributed by atoms with Gasteiger partial charge in [0.1, 0.15) is 9.90 Å². The van der Waals surface area contributed by atoms with Crippen molar-refractivity contribution in [1.82, 2.24) is 4.37 Å². The highest BCUT2D eigenvalue weighted by Gasteiger charge is 2.41. The van der Waals surface area contributed by atoms with Crippen molar-refractivity contribution >= 4 is 32.2 Å². The number of sulfone groups is 1. The fourth-order valence-corrected chi connectivity index (χ4v) is 5.16. The first-order valence-electron chi connectivity index (χ1n) is 6.26. The van der Waals surface area contributed by atoms with Gasteiger partial charge in [-0.15, -0.1) is 0 Å². The van der Waals surface area contributed by atoms with Crippen LogP contribution in [-0.2, 0) is 9.84 Å². The zero-order valence-electron chi connectivity index (χ0n) is 11.0.